The molecule has 0 atom stereocenters. The smallest absolute Gasteiger partial charge is 0.163 e. The van der Waals surface area contributed by atoms with Crippen molar-refractivity contribution in [3.05, 3.63) is 52.6 Å². The molecule has 0 fully saturated rings. The van der Waals surface area contributed by atoms with E-state index in [1.165, 1.54) is 11.1 Å². The first-order valence-electron chi connectivity index (χ1n) is 8.58. The zero-order valence-corrected chi connectivity index (χ0v) is 15.8. The Morgan fingerprint density at radius 1 is 0.960 bits per heavy atom. The Kier molecular flexibility index (Phi) is 3.89. The van der Waals surface area contributed by atoms with Gasteiger partial charge < -0.3 is 4.74 Å². The van der Waals surface area contributed by atoms with Gasteiger partial charge in [0.2, 0.25) is 0 Å². The minimum atomic E-state index is -0.832. The molecule has 2 aromatic rings. The molecule has 0 saturated heterocycles. The van der Waals surface area contributed by atoms with Gasteiger partial charge in [-0.2, -0.15) is 10.0 Å². The Labute approximate surface area is 150 Å². The molecule has 2 aliphatic rings. The maximum Gasteiger partial charge on any atom is 0.163 e. The van der Waals surface area contributed by atoms with Gasteiger partial charge in [-0.15, -0.1) is 0 Å². The maximum atomic E-state index is 12.1. The predicted octanol–water partition coefficient (Wildman–Crippen LogP) is 4.77. The summed E-state index contributed by atoms with van der Waals surface area (Å²) in [5.74, 6) is 4.38. The topological polar surface area (TPSA) is 26.3 Å². The van der Waals surface area contributed by atoms with Crippen molar-refractivity contribution in [2.24, 2.45) is 0 Å². The lowest BCUT2D eigenvalue weighted by Crippen LogP contribution is -2.13. The van der Waals surface area contributed by atoms with E-state index in [9.17, 15) is 4.79 Å². The quantitative estimate of drug-likeness (QED) is 0.640. The molecule has 1 heterocycles. The van der Waals surface area contributed by atoms with Crippen molar-refractivity contribution in [3.63, 3.8) is 0 Å². The van der Waals surface area contributed by atoms with Crippen molar-refractivity contribution in [3.8, 4) is 28.0 Å². The van der Waals surface area contributed by atoms with Gasteiger partial charge in [0.25, 0.3) is 0 Å². The molecular formula is C22H22O2S. The summed E-state index contributed by atoms with van der Waals surface area (Å²) in [7, 11) is -0.832. The number of benzene rings is 2. The van der Waals surface area contributed by atoms with Crippen LogP contribution in [-0.4, -0.2) is 24.6 Å². The van der Waals surface area contributed by atoms with E-state index in [0.717, 1.165) is 40.8 Å². The van der Waals surface area contributed by atoms with Crippen molar-refractivity contribution in [1.82, 2.24) is 0 Å². The maximum absolute atomic E-state index is 12.1. The second-order valence-corrected chi connectivity index (χ2v) is 11.4. The number of carbonyl (C=O) groups excluding carboxylic acids is 1. The monoisotopic (exact) mass is 350 g/mol. The van der Waals surface area contributed by atoms with Gasteiger partial charge in [-0.1, -0.05) is 12.0 Å². The highest BCUT2D eigenvalue weighted by Gasteiger charge is 2.24. The normalized spacial score (nSPS) is 15.9. The lowest BCUT2D eigenvalue weighted by Gasteiger charge is -2.24. The van der Waals surface area contributed by atoms with Crippen LogP contribution in [0.4, 0.5) is 0 Å². The molecule has 0 unspecified atom stereocenters. The molecule has 1 aliphatic heterocycles. The average molecular weight is 350 g/mol. The summed E-state index contributed by atoms with van der Waals surface area (Å²) in [5, 5.41) is 3.36. The lowest BCUT2D eigenvalue weighted by atomic mass is 9.86. The van der Waals surface area contributed by atoms with Crippen LogP contribution in [0.5, 0.6) is 5.75 Å². The number of aryl methyl sites for hydroxylation is 1. The summed E-state index contributed by atoms with van der Waals surface area (Å²) >= 11 is 0. The molecule has 0 N–H and O–H groups in total. The summed E-state index contributed by atoms with van der Waals surface area (Å²) in [4.78, 5) is 12.1. The van der Waals surface area contributed by atoms with Gasteiger partial charge in [-0.3, -0.25) is 4.79 Å². The van der Waals surface area contributed by atoms with Crippen LogP contribution >= 0.6 is 10.0 Å². The molecule has 0 bridgehead atoms. The van der Waals surface area contributed by atoms with Crippen molar-refractivity contribution in [2.75, 3.05) is 18.8 Å². The molecule has 0 spiro atoms. The van der Waals surface area contributed by atoms with E-state index in [0.29, 0.717) is 13.0 Å². The fourth-order valence-corrected chi connectivity index (χ4v) is 3.84. The number of hydrogen-bond acceptors (Lipinski definition) is 2. The van der Waals surface area contributed by atoms with Gasteiger partial charge in [0.1, 0.15) is 12.4 Å². The first kappa shape index (κ1) is 16.3. The number of ketones is 1. The fourth-order valence-electron chi connectivity index (χ4n) is 3.42. The van der Waals surface area contributed by atoms with E-state index in [2.05, 4.69) is 54.2 Å². The van der Waals surface area contributed by atoms with E-state index in [-0.39, 0.29) is 5.78 Å². The summed E-state index contributed by atoms with van der Waals surface area (Å²) in [6.45, 7) is 0.535. The van der Waals surface area contributed by atoms with Gasteiger partial charge in [-0.25, -0.2) is 0 Å². The fraction of sp³-hybridized carbons (Fsp3) is 0.318. The van der Waals surface area contributed by atoms with Gasteiger partial charge >= 0.3 is 0 Å². The van der Waals surface area contributed by atoms with Crippen LogP contribution in [0.1, 0.15) is 39.9 Å². The third kappa shape index (κ3) is 3.19. The number of carbonyl (C=O) groups is 1. The van der Waals surface area contributed by atoms with Gasteiger partial charge in [0.05, 0.1) is 0 Å². The van der Waals surface area contributed by atoms with Crippen LogP contribution in [0.3, 0.4) is 0 Å². The van der Waals surface area contributed by atoms with E-state index < -0.39 is 10.0 Å². The lowest BCUT2D eigenvalue weighted by molar-refractivity contribution is 0.0972. The molecule has 0 amide bonds. The van der Waals surface area contributed by atoms with Crippen LogP contribution in [0.15, 0.2) is 30.3 Å². The number of Topliss-reactive ketones (excluding diaryl/α,β-unsaturated/α-hetero) is 1. The molecular weight excluding hydrogens is 328 g/mol. The third-order valence-corrected chi connectivity index (χ3v) is 5.35. The number of hydrogen-bond donors (Lipinski definition) is 0. The Morgan fingerprint density at radius 2 is 1.80 bits per heavy atom. The van der Waals surface area contributed by atoms with Gasteiger partial charge in [-0.05, 0) is 77.8 Å². The minimum Gasteiger partial charge on any atom is -0.488 e. The first-order valence-corrected chi connectivity index (χ1v) is 11.4. The van der Waals surface area contributed by atoms with E-state index in [4.69, 9.17) is 4.74 Å². The van der Waals surface area contributed by atoms with Crippen LogP contribution < -0.4 is 4.74 Å². The summed E-state index contributed by atoms with van der Waals surface area (Å²) in [6.07, 6.45) is 9.16. The number of rotatable bonds is 0. The third-order valence-electron chi connectivity index (χ3n) is 4.64. The summed E-state index contributed by atoms with van der Waals surface area (Å²) in [6, 6.07) is 10.5. The molecule has 1 aliphatic carbocycles. The largest absolute Gasteiger partial charge is 0.488 e. The second-order valence-electron chi connectivity index (χ2n) is 7.51. The van der Waals surface area contributed by atoms with Crippen molar-refractivity contribution in [2.45, 2.75) is 25.9 Å². The van der Waals surface area contributed by atoms with E-state index >= 15 is 0 Å². The molecule has 2 aromatic carbocycles. The van der Waals surface area contributed by atoms with Crippen LogP contribution in [0.25, 0.3) is 11.1 Å². The Morgan fingerprint density at radius 3 is 2.60 bits per heavy atom. The van der Waals surface area contributed by atoms with Crippen molar-refractivity contribution >= 4 is 15.8 Å². The van der Waals surface area contributed by atoms with Crippen molar-refractivity contribution < 1.29 is 9.53 Å². The standard InChI is InChI=1S/C22H22O2S/c1-25(2,3)10-9-15-7-8-18-17(11-15)14-24-22-13-19-16(12-20(18)22)5-4-6-21(19)23/h7-8,11-13H,4-6,14H2,1-3H3. The molecule has 0 aromatic heterocycles. The van der Waals surface area contributed by atoms with Crippen LogP contribution in [-0.2, 0) is 13.0 Å². The Balaban J connectivity index is 1.77. The SMILES string of the molecule is CS(C)(C)C#Cc1ccc2c(c1)COc1cc3c(cc1-2)CCCC3=O. The molecule has 25 heavy (non-hydrogen) atoms. The van der Waals surface area contributed by atoms with E-state index in [1.807, 2.05) is 6.07 Å². The van der Waals surface area contributed by atoms with Crippen molar-refractivity contribution in [1.29, 1.82) is 0 Å². The van der Waals surface area contributed by atoms with Crippen LogP contribution in [0.2, 0.25) is 0 Å². The van der Waals surface area contributed by atoms with Crippen LogP contribution in [0, 0.1) is 11.2 Å². The Hall–Kier alpha value is -2.18. The highest BCUT2D eigenvalue weighted by atomic mass is 32.3. The minimum absolute atomic E-state index is 0.244. The predicted molar refractivity (Wildman–Crippen MR) is 106 cm³/mol. The molecule has 0 saturated carbocycles. The highest BCUT2D eigenvalue weighted by Crippen LogP contribution is 2.41. The Bertz CT molecular complexity index is 939. The summed E-state index contributed by atoms with van der Waals surface area (Å²) in [5.41, 5.74) is 6.54. The molecule has 3 heteroatoms. The average Bonchev–Trinajstić information content (AvgIpc) is 2.58. The van der Waals surface area contributed by atoms with E-state index in [1.54, 1.807) is 0 Å². The highest BCUT2D eigenvalue weighted by molar-refractivity contribution is 8.35. The molecule has 4 rings (SSSR count). The first-order chi connectivity index (χ1) is 11.9. The zero-order chi connectivity index (χ0) is 17.6. The van der Waals surface area contributed by atoms with Gasteiger partial charge in [0.15, 0.2) is 5.78 Å². The number of ether oxygens (including phenoxy) is 1. The number of fused-ring (bicyclic) bond motifs is 4. The zero-order valence-electron chi connectivity index (χ0n) is 14.9. The second kappa shape index (κ2) is 5.97. The molecule has 128 valence electrons. The summed E-state index contributed by atoms with van der Waals surface area (Å²) < 4.78 is 5.97. The van der Waals surface area contributed by atoms with Gasteiger partial charge in [0, 0.05) is 23.1 Å². The molecule has 0 radical (unpaired) electrons. The molecule has 2 nitrogen and oxygen atoms in total.